The van der Waals surface area contributed by atoms with Crippen molar-refractivity contribution in [3.8, 4) is 5.75 Å². The van der Waals surface area contributed by atoms with E-state index in [0.717, 1.165) is 31.7 Å². The molecule has 1 aromatic carbocycles. The minimum Gasteiger partial charge on any atom is -0.493 e. The third-order valence-electron chi connectivity index (χ3n) is 3.55. The number of ether oxygens (including phenoxy) is 2. The summed E-state index contributed by atoms with van der Waals surface area (Å²) in [6.07, 6.45) is 1.91. The summed E-state index contributed by atoms with van der Waals surface area (Å²) in [5.41, 5.74) is 1.23. The molecule has 1 aromatic rings. The van der Waals surface area contributed by atoms with Crippen LogP contribution in [0.25, 0.3) is 0 Å². The van der Waals surface area contributed by atoms with Gasteiger partial charge in [-0.15, -0.1) is 0 Å². The van der Waals surface area contributed by atoms with E-state index in [1.807, 2.05) is 31.2 Å². The van der Waals surface area contributed by atoms with Gasteiger partial charge in [0.25, 0.3) is 0 Å². The summed E-state index contributed by atoms with van der Waals surface area (Å²) >= 11 is 0. The van der Waals surface area contributed by atoms with E-state index in [9.17, 15) is 4.79 Å². The molecule has 0 aliphatic carbocycles. The van der Waals surface area contributed by atoms with Crippen molar-refractivity contribution in [1.29, 1.82) is 0 Å². The van der Waals surface area contributed by atoms with Crippen LogP contribution in [0.5, 0.6) is 5.75 Å². The third-order valence-corrected chi connectivity index (χ3v) is 3.55. The summed E-state index contributed by atoms with van der Waals surface area (Å²) in [5, 5.41) is 0. The zero-order valence-corrected chi connectivity index (χ0v) is 12.3. The maximum Gasteiger partial charge on any atom is 0.409 e. The smallest absolute Gasteiger partial charge is 0.409 e. The van der Waals surface area contributed by atoms with Crippen molar-refractivity contribution in [3.05, 3.63) is 29.8 Å². The van der Waals surface area contributed by atoms with E-state index in [1.165, 1.54) is 5.56 Å². The SMILES string of the molecule is CCOC(=O)N1CCCC(COc2ccc(C)cc2)C1. The first-order chi connectivity index (χ1) is 9.69. The zero-order valence-electron chi connectivity index (χ0n) is 12.3. The molecule has 1 unspecified atom stereocenters. The van der Waals surface area contributed by atoms with Crippen LogP contribution in [0.1, 0.15) is 25.3 Å². The molecule has 0 N–H and O–H groups in total. The largest absolute Gasteiger partial charge is 0.493 e. The summed E-state index contributed by atoms with van der Waals surface area (Å²) in [4.78, 5) is 13.5. The van der Waals surface area contributed by atoms with Gasteiger partial charge in [-0.3, -0.25) is 0 Å². The van der Waals surface area contributed by atoms with Crippen LogP contribution in [0.2, 0.25) is 0 Å². The van der Waals surface area contributed by atoms with E-state index in [1.54, 1.807) is 4.90 Å². The van der Waals surface area contributed by atoms with Crippen LogP contribution in [-0.2, 0) is 4.74 Å². The molecule has 110 valence electrons. The van der Waals surface area contributed by atoms with Crippen LogP contribution in [-0.4, -0.2) is 37.3 Å². The number of nitrogens with zero attached hydrogens (tertiary/aromatic N) is 1. The van der Waals surface area contributed by atoms with E-state index >= 15 is 0 Å². The fourth-order valence-corrected chi connectivity index (χ4v) is 2.43. The predicted octanol–water partition coefficient (Wildman–Crippen LogP) is 3.24. The molecule has 0 aromatic heterocycles. The van der Waals surface area contributed by atoms with Crippen molar-refractivity contribution in [3.63, 3.8) is 0 Å². The molecule has 0 spiro atoms. The topological polar surface area (TPSA) is 38.8 Å². The first-order valence-corrected chi connectivity index (χ1v) is 7.30. The molecule has 1 saturated heterocycles. The van der Waals surface area contributed by atoms with Crippen molar-refractivity contribution in [2.24, 2.45) is 5.92 Å². The Morgan fingerprint density at radius 3 is 2.80 bits per heavy atom. The van der Waals surface area contributed by atoms with E-state index in [4.69, 9.17) is 9.47 Å². The molecule has 2 rings (SSSR count). The molecule has 0 saturated carbocycles. The Balaban J connectivity index is 1.80. The van der Waals surface area contributed by atoms with Crippen LogP contribution in [0.15, 0.2) is 24.3 Å². The van der Waals surface area contributed by atoms with Gasteiger partial charge in [-0.05, 0) is 38.8 Å². The Bertz CT molecular complexity index is 430. The Kier molecular flexibility index (Phi) is 5.27. The first kappa shape index (κ1) is 14.7. The maximum absolute atomic E-state index is 11.7. The second-order valence-corrected chi connectivity index (χ2v) is 5.28. The van der Waals surface area contributed by atoms with E-state index in [2.05, 4.69) is 6.92 Å². The number of hydrogen-bond donors (Lipinski definition) is 0. The van der Waals surface area contributed by atoms with E-state index in [0.29, 0.717) is 19.1 Å². The van der Waals surface area contributed by atoms with Gasteiger partial charge in [0.05, 0.1) is 13.2 Å². The predicted molar refractivity (Wildman–Crippen MR) is 78.0 cm³/mol. The van der Waals surface area contributed by atoms with Gasteiger partial charge < -0.3 is 14.4 Å². The lowest BCUT2D eigenvalue weighted by Gasteiger charge is -2.31. The lowest BCUT2D eigenvalue weighted by Crippen LogP contribution is -2.41. The molecule has 1 heterocycles. The standard InChI is InChI=1S/C16H23NO3/c1-3-19-16(18)17-10-4-5-14(11-17)12-20-15-8-6-13(2)7-9-15/h6-9,14H,3-5,10-12H2,1-2H3. The first-order valence-electron chi connectivity index (χ1n) is 7.30. The van der Waals surface area contributed by atoms with Gasteiger partial charge in [-0.25, -0.2) is 4.79 Å². The van der Waals surface area contributed by atoms with E-state index < -0.39 is 0 Å². The number of amides is 1. The fourth-order valence-electron chi connectivity index (χ4n) is 2.43. The highest BCUT2D eigenvalue weighted by Crippen LogP contribution is 2.19. The molecule has 1 aliphatic rings. The number of carbonyl (C=O) groups is 1. The number of piperidine rings is 1. The Morgan fingerprint density at radius 2 is 2.10 bits per heavy atom. The lowest BCUT2D eigenvalue weighted by atomic mass is 9.99. The Hall–Kier alpha value is -1.71. The Labute approximate surface area is 120 Å². The van der Waals surface area contributed by atoms with Crippen LogP contribution in [0.3, 0.4) is 0 Å². The summed E-state index contributed by atoms with van der Waals surface area (Å²) in [7, 11) is 0. The average molecular weight is 277 g/mol. The minimum absolute atomic E-state index is 0.201. The molecule has 20 heavy (non-hydrogen) atoms. The number of rotatable bonds is 4. The van der Waals surface area contributed by atoms with Gasteiger partial charge >= 0.3 is 6.09 Å². The highest BCUT2D eigenvalue weighted by atomic mass is 16.6. The minimum atomic E-state index is -0.201. The second kappa shape index (κ2) is 7.17. The number of aryl methyl sites for hydroxylation is 1. The zero-order chi connectivity index (χ0) is 14.4. The average Bonchev–Trinajstić information content (AvgIpc) is 2.47. The van der Waals surface area contributed by atoms with Crippen molar-refractivity contribution >= 4 is 6.09 Å². The molecule has 1 atom stereocenters. The van der Waals surface area contributed by atoms with Crippen molar-refractivity contribution in [1.82, 2.24) is 4.90 Å². The van der Waals surface area contributed by atoms with Crippen LogP contribution in [0.4, 0.5) is 4.79 Å². The highest BCUT2D eigenvalue weighted by Gasteiger charge is 2.24. The Morgan fingerprint density at radius 1 is 1.35 bits per heavy atom. The molecule has 1 aliphatic heterocycles. The molecule has 4 heteroatoms. The van der Waals surface area contributed by atoms with Gasteiger partial charge in [0.2, 0.25) is 0 Å². The molecular weight excluding hydrogens is 254 g/mol. The van der Waals surface area contributed by atoms with E-state index in [-0.39, 0.29) is 6.09 Å². The summed E-state index contributed by atoms with van der Waals surface area (Å²) in [5.74, 6) is 1.28. The second-order valence-electron chi connectivity index (χ2n) is 5.28. The third kappa shape index (κ3) is 4.15. The molecule has 1 fully saturated rings. The van der Waals surface area contributed by atoms with Gasteiger partial charge in [-0.2, -0.15) is 0 Å². The van der Waals surface area contributed by atoms with Crippen LogP contribution >= 0.6 is 0 Å². The highest BCUT2D eigenvalue weighted by molar-refractivity contribution is 5.67. The normalized spacial score (nSPS) is 18.7. The van der Waals surface area contributed by atoms with Crippen molar-refractivity contribution in [2.75, 3.05) is 26.3 Å². The maximum atomic E-state index is 11.7. The number of likely N-dealkylation sites (tertiary alicyclic amines) is 1. The number of carbonyl (C=O) groups excluding carboxylic acids is 1. The van der Waals surface area contributed by atoms with Gasteiger partial charge in [0, 0.05) is 19.0 Å². The molecular formula is C16H23NO3. The molecule has 0 radical (unpaired) electrons. The molecule has 1 amide bonds. The monoisotopic (exact) mass is 277 g/mol. The summed E-state index contributed by atoms with van der Waals surface area (Å²) in [6.45, 7) is 6.49. The number of benzene rings is 1. The molecule has 0 bridgehead atoms. The van der Waals surface area contributed by atoms with Crippen molar-refractivity contribution < 1.29 is 14.3 Å². The van der Waals surface area contributed by atoms with Gasteiger partial charge in [0.1, 0.15) is 5.75 Å². The van der Waals surface area contributed by atoms with Crippen LogP contribution < -0.4 is 4.74 Å². The molecule has 4 nitrogen and oxygen atoms in total. The summed E-state index contributed by atoms with van der Waals surface area (Å²) in [6, 6.07) is 8.06. The van der Waals surface area contributed by atoms with Crippen LogP contribution in [0, 0.1) is 12.8 Å². The van der Waals surface area contributed by atoms with Gasteiger partial charge in [-0.1, -0.05) is 17.7 Å². The fraction of sp³-hybridized carbons (Fsp3) is 0.562. The quantitative estimate of drug-likeness (QED) is 0.848. The number of hydrogen-bond acceptors (Lipinski definition) is 3. The summed E-state index contributed by atoms with van der Waals surface area (Å²) < 4.78 is 10.9. The van der Waals surface area contributed by atoms with Crippen molar-refractivity contribution in [2.45, 2.75) is 26.7 Å². The lowest BCUT2D eigenvalue weighted by molar-refractivity contribution is 0.0790. The van der Waals surface area contributed by atoms with Gasteiger partial charge in [0.15, 0.2) is 0 Å².